The van der Waals surface area contributed by atoms with Crippen molar-refractivity contribution in [2.75, 3.05) is 17.9 Å². The number of nitrogens with zero attached hydrogens (tertiary/aromatic N) is 2. The molecule has 0 radical (unpaired) electrons. The second kappa shape index (κ2) is 8.31. The Hall–Kier alpha value is -2.32. The number of aromatic nitrogens is 2. The number of carbonyl (C=O) groups is 1. The zero-order valence-electron chi connectivity index (χ0n) is 17.9. The van der Waals surface area contributed by atoms with Gasteiger partial charge in [-0.15, -0.1) is 11.3 Å². The van der Waals surface area contributed by atoms with Crippen molar-refractivity contribution in [3.8, 4) is 11.5 Å². The van der Waals surface area contributed by atoms with E-state index in [9.17, 15) is 4.79 Å². The predicted molar refractivity (Wildman–Crippen MR) is 125 cm³/mol. The van der Waals surface area contributed by atoms with Crippen molar-refractivity contribution in [2.45, 2.75) is 51.0 Å². The molecule has 1 aromatic carbocycles. The van der Waals surface area contributed by atoms with E-state index in [0.29, 0.717) is 28.9 Å². The maximum Gasteiger partial charge on any atom is 0.234 e. The molecule has 162 valence electrons. The smallest absolute Gasteiger partial charge is 0.234 e. The second-order valence-corrected chi connectivity index (χ2v) is 10.5. The zero-order valence-corrected chi connectivity index (χ0v) is 19.5. The summed E-state index contributed by atoms with van der Waals surface area (Å²) in [6, 6.07) is 5.43. The number of thiophene rings is 1. The first-order chi connectivity index (χ1) is 15.0. The number of anilines is 1. The van der Waals surface area contributed by atoms with Gasteiger partial charge in [0.05, 0.1) is 5.75 Å². The molecule has 8 heteroatoms. The summed E-state index contributed by atoms with van der Waals surface area (Å²) in [7, 11) is 0. The summed E-state index contributed by atoms with van der Waals surface area (Å²) in [6.07, 6.45) is 3.37. The van der Waals surface area contributed by atoms with Crippen LogP contribution in [0.5, 0.6) is 11.5 Å². The van der Waals surface area contributed by atoms with E-state index in [-0.39, 0.29) is 18.6 Å². The normalized spacial score (nSPS) is 17.2. The Morgan fingerprint density at radius 2 is 2.13 bits per heavy atom. The lowest BCUT2D eigenvalue weighted by Gasteiger charge is -2.18. The summed E-state index contributed by atoms with van der Waals surface area (Å²) in [5, 5.41) is 5.05. The number of hydrogen-bond donors (Lipinski definition) is 1. The molecule has 1 amide bonds. The Labute approximate surface area is 189 Å². The summed E-state index contributed by atoms with van der Waals surface area (Å²) in [5.74, 6) is 3.37. The van der Waals surface area contributed by atoms with Crippen LogP contribution >= 0.6 is 23.1 Å². The molecule has 1 aliphatic carbocycles. The molecule has 0 saturated carbocycles. The molecule has 1 unspecified atom stereocenters. The van der Waals surface area contributed by atoms with Gasteiger partial charge in [-0.25, -0.2) is 9.97 Å². The van der Waals surface area contributed by atoms with Gasteiger partial charge in [0.25, 0.3) is 0 Å². The van der Waals surface area contributed by atoms with Gasteiger partial charge in [-0.2, -0.15) is 0 Å². The highest BCUT2D eigenvalue weighted by Gasteiger charge is 2.25. The molecule has 1 N–H and O–H groups in total. The van der Waals surface area contributed by atoms with Crippen molar-refractivity contribution < 1.29 is 14.3 Å². The van der Waals surface area contributed by atoms with Gasteiger partial charge in [0.1, 0.15) is 15.7 Å². The van der Waals surface area contributed by atoms with Gasteiger partial charge in [0.15, 0.2) is 11.5 Å². The Morgan fingerprint density at radius 1 is 1.29 bits per heavy atom. The number of ether oxygens (including phenoxy) is 2. The number of rotatable bonds is 5. The molecule has 3 aromatic rings. The average molecular weight is 456 g/mol. The van der Waals surface area contributed by atoms with E-state index in [2.05, 4.69) is 26.1 Å². The van der Waals surface area contributed by atoms with Gasteiger partial charge in [-0.1, -0.05) is 32.5 Å². The minimum absolute atomic E-state index is 0.0700. The number of thioether (sulfide) groups is 1. The number of hydrogen-bond acceptors (Lipinski definition) is 7. The van der Waals surface area contributed by atoms with E-state index in [0.717, 1.165) is 33.9 Å². The Morgan fingerprint density at radius 3 is 2.97 bits per heavy atom. The van der Waals surface area contributed by atoms with Crippen molar-refractivity contribution in [1.29, 1.82) is 0 Å². The topological polar surface area (TPSA) is 73.3 Å². The molecular formula is C23H25N3O3S2. The molecule has 31 heavy (non-hydrogen) atoms. The Balaban J connectivity index is 1.38. The highest BCUT2D eigenvalue weighted by atomic mass is 32.2. The lowest BCUT2D eigenvalue weighted by atomic mass is 9.89. The molecule has 2 aliphatic rings. The van der Waals surface area contributed by atoms with Crippen molar-refractivity contribution in [2.24, 2.45) is 5.92 Å². The third-order valence-corrected chi connectivity index (χ3v) is 7.78. The second-order valence-electron chi connectivity index (χ2n) is 8.48. The third-order valence-electron chi connectivity index (χ3n) is 5.65. The van der Waals surface area contributed by atoms with Crippen LogP contribution in [0.1, 0.15) is 49.4 Å². The fourth-order valence-electron chi connectivity index (χ4n) is 3.99. The van der Waals surface area contributed by atoms with Crippen LogP contribution in [0.2, 0.25) is 0 Å². The molecule has 5 rings (SSSR count). The Kier molecular flexibility index (Phi) is 5.52. The molecule has 3 heterocycles. The maximum absolute atomic E-state index is 12.7. The number of carbonyl (C=O) groups excluding carboxylic acids is 1. The first kappa shape index (κ1) is 20.6. The van der Waals surface area contributed by atoms with Crippen LogP contribution in [0, 0.1) is 5.92 Å². The summed E-state index contributed by atoms with van der Waals surface area (Å²) >= 11 is 3.31. The zero-order chi connectivity index (χ0) is 21.5. The summed E-state index contributed by atoms with van der Waals surface area (Å²) in [4.78, 5) is 24.9. The van der Waals surface area contributed by atoms with Crippen LogP contribution in [0.15, 0.2) is 23.2 Å². The van der Waals surface area contributed by atoms with Crippen LogP contribution in [0.3, 0.4) is 0 Å². The van der Waals surface area contributed by atoms with E-state index in [1.54, 1.807) is 17.4 Å². The highest BCUT2D eigenvalue weighted by Crippen LogP contribution is 2.41. The van der Waals surface area contributed by atoms with Crippen LogP contribution < -0.4 is 14.8 Å². The van der Waals surface area contributed by atoms with E-state index >= 15 is 0 Å². The number of fused-ring (bicyclic) bond motifs is 4. The molecule has 1 atom stereocenters. The number of nitrogens with one attached hydrogen (secondary N) is 1. The van der Waals surface area contributed by atoms with Crippen LogP contribution in [0.25, 0.3) is 10.2 Å². The minimum Gasteiger partial charge on any atom is -0.454 e. The van der Waals surface area contributed by atoms with Crippen LogP contribution in [-0.4, -0.2) is 28.4 Å². The molecule has 6 nitrogen and oxygen atoms in total. The monoisotopic (exact) mass is 455 g/mol. The lowest BCUT2D eigenvalue weighted by molar-refractivity contribution is -0.113. The standard InChI is InChI=1S/C23H25N3O3S2/c1-12(2)21-25-22(20-15-6-4-13(3)8-18(15)31-23(20)26-21)30-10-19(27)24-14-5-7-16-17(9-14)29-11-28-16/h5,7,9,12-13H,4,6,8,10-11H2,1-3H3,(H,24,27). The summed E-state index contributed by atoms with van der Waals surface area (Å²) < 4.78 is 10.7. The van der Waals surface area contributed by atoms with Gasteiger partial charge < -0.3 is 14.8 Å². The van der Waals surface area contributed by atoms with Gasteiger partial charge in [0.2, 0.25) is 12.7 Å². The van der Waals surface area contributed by atoms with E-state index in [1.807, 2.05) is 12.1 Å². The average Bonchev–Trinajstić information content (AvgIpc) is 3.34. The number of aryl methyl sites for hydroxylation is 1. The highest BCUT2D eigenvalue weighted by molar-refractivity contribution is 8.00. The molecule has 0 fully saturated rings. The predicted octanol–water partition coefficient (Wildman–Crippen LogP) is 5.40. The first-order valence-corrected chi connectivity index (χ1v) is 12.4. The van der Waals surface area contributed by atoms with Crippen molar-refractivity contribution in [3.05, 3.63) is 34.5 Å². The summed E-state index contributed by atoms with van der Waals surface area (Å²) in [5.41, 5.74) is 2.10. The fourth-order valence-corrected chi connectivity index (χ4v) is 6.31. The maximum atomic E-state index is 12.7. The molecule has 1 aliphatic heterocycles. The van der Waals surface area contributed by atoms with Crippen molar-refractivity contribution in [1.82, 2.24) is 9.97 Å². The van der Waals surface area contributed by atoms with Crippen molar-refractivity contribution in [3.63, 3.8) is 0 Å². The molecule has 0 saturated heterocycles. The summed E-state index contributed by atoms with van der Waals surface area (Å²) in [6.45, 7) is 6.75. The van der Waals surface area contributed by atoms with E-state index in [4.69, 9.17) is 19.4 Å². The van der Waals surface area contributed by atoms with Gasteiger partial charge in [0, 0.05) is 27.9 Å². The van der Waals surface area contributed by atoms with E-state index < -0.39 is 0 Å². The van der Waals surface area contributed by atoms with Crippen LogP contribution in [0.4, 0.5) is 5.69 Å². The first-order valence-electron chi connectivity index (χ1n) is 10.6. The number of amides is 1. The largest absolute Gasteiger partial charge is 0.454 e. The lowest BCUT2D eigenvalue weighted by Crippen LogP contribution is -2.14. The van der Waals surface area contributed by atoms with Crippen LogP contribution in [-0.2, 0) is 17.6 Å². The SMILES string of the molecule is CC1CCc2c(sc3nc(C(C)C)nc(SCC(=O)Nc4ccc5c(c4)OCO5)c23)C1. The van der Waals surface area contributed by atoms with Gasteiger partial charge in [-0.05, 0) is 42.9 Å². The van der Waals surface area contributed by atoms with Crippen molar-refractivity contribution >= 4 is 44.9 Å². The molecular weight excluding hydrogens is 430 g/mol. The fraction of sp³-hybridized carbons (Fsp3) is 0.435. The molecule has 0 spiro atoms. The minimum atomic E-state index is -0.0700. The third kappa shape index (κ3) is 4.11. The van der Waals surface area contributed by atoms with Gasteiger partial charge in [-0.3, -0.25) is 4.79 Å². The van der Waals surface area contributed by atoms with Gasteiger partial charge >= 0.3 is 0 Å². The molecule has 2 aromatic heterocycles. The van der Waals surface area contributed by atoms with E-state index in [1.165, 1.54) is 28.6 Å². The number of benzene rings is 1. The Bertz CT molecular complexity index is 1160. The quantitative estimate of drug-likeness (QED) is 0.410. The molecule has 0 bridgehead atoms.